The minimum Gasteiger partial charge on any atom is -0.497 e. The van der Waals surface area contributed by atoms with Crippen LogP contribution >= 0.6 is 0 Å². The number of benzene rings is 2. The average molecular weight is 344 g/mol. The molecule has 0 radical (unpaired) electrons. The van der Waals surface area contributed by atoms with Crippen LogP contribution in [0.2, 0.25) is 0 Å². The Balaban J connectivity index is 2.05. The summed E-state index contributed by atoms with van der Waals surface area (Å²) in [6.07, 6.45) is 0. The van der Waals surface area contributed by atoms with Crippen molar-refractivity contribution in [1.29, 1.82) is 0 Å². The van der Waals surface area contributed by atoms with Crippen molar-refractivity contribution in [3.8, 4) is 5.75 Å². The highest BCUT2D eigenvalue weighted by molar-refractivity contribution is 5.99. The number of carbonyl (C=O) groups excluding carboxylic acids is 2. The molecule has 0 aliphatic carbocycles. The SMILES string of the molecule is CCN(CC(=O)Nc1cccc(OC)c1)C(=O)c1ccc(C)c(F)c1. The number of carbonyl (C=O) groups is 2. The summed E-state index contributed by atoms with van der Waals surface area (Å²) >= 11 is 0. The van der Waals surface area contributed by atoms with Gasteiger partial charge in [0.25, 0.3) is 5.91 Å². The molecule has 2 amide bonds. The van der Waals surface area contributed by atoms with E-state index in [9.17, 15) is 14.0 Å². The van der Waals surface area contributed by atoms with Crippen LogP contribution in [0.15, 0.2) is 42.5 Å². The number of nitrogens with one attached hydrogen (secondary N) is 1. The van der Waals surface area contributed by atoms with E-state index >= 15 is 0 Å². The van der Waals surface area contributed by atoms with Gasteiger partial charge in [-0.25, -0.2) is 4.39 Å². The molecule has 25 heavy (non-hydrogen) atoms. The van der Waals surface area contributed by atoms with Gasteiger partial charge in [0.05, 0.1) is 7.11 Å². The fourth-order valence-corrected chi connectivity index (χ4v) is 2.31. The number of hydrogen-bond donors (Lipinski definition) is 1. The number of hydrogen-bond acceptors (Lipinski definition) is 3. The predicted molar refractivity (Wildman–Crippen MR) is 94.3 cm³/mol. The van der Waals surface area contributed by atoms with E-state index in [0.717, 1.165) is 0 Å². The number of amides is 2. The van der Waals surface area contributed by atoms with Crippen LogP contribution < -0.4 is 10.1 Å². The van der Waals surface area contributed by atoms with Crippen LogP contribution in [0.3, 0.4) is 0 Å². The predicted octanol–water partition coefficient (Wildman–Crippen LogP) is 3.24. The second-order valence-corrected chi connectivity index (χ2v) is 5.56. The van der Waals surface area contributed by atoms with E-state index in [4.69, 9.17) is 4.74 Å². The lowest BCUT2D eigenvalue weighted by molar-refractivity contribution is -0.116. The van der Waals surface area contributed by atoms with Crippen LogP contribution in [-0.4, -0.2) is 36.9 Å². The molecule has 0 aromatic heterocycles. The Labute approximate surface area is 146 Å². The molecule has 0 unspecified atom stereocenters. The van der Waals surface area contributed by atoms with Gasteiger partial charge in [0.15, 0.2) is 0 Å². The Morgan fingerprint density at radius 3 is 2.60 bits per heavy atom. The van der Waals surface area contributed by atoms with Crippen molar-refractivity contribution in [1.82, 2.24) is 4.90 Å². The number of nitrogens with zero attached hydrogens (tertiary/aromatic N) is 1. The molecule has 2 aromatic carbocycles. The topological polar surface area (TPSA) is 58.6 Å². The van der Waals surface area contributed by atoms with Gasteiger partial charge in [0.1, 0.15) is 18.1 Å². The first-order valence-electron chi connectivity index (χ1n) is 7.94. The third-order valence-corrected chi connectivity index (χ3v) is 3.78. The van der Waals surface area contributed by atoms with Crippen molar-refractivity contribution in [3.05, 3.63) is 59.4 Å². The van der Waals surface area contributed by atoms with Crippen molar-refractivity contribution in [3.63, 3.8) is 0 Å². The molecule has 2 aromatic rings. The summed E-state index contributed by atoms with van der Waals surface area (Å²) in [4.78, 5) is 26.1. The summed E-state index contributed by atoms with van der Waals surface area (Å²) in [6, 6.07) is 11.2. The van der Waals surface area contributed by atoms with Crippen LogP contribution in [-0.2, 0) is 4.79 Å². The highest BCUT2D eigenvalue weighted by Gasteiger charge is 2.18. The lowest BCUT2D eigenvalue weighted by atomic mass is 10.1. The zero-order chi connectivity index (χ0) is 18.4. The standard InChI is InChI=1S/C19H21FN2O3/c1-4-22(19(24)14-9-8-13(2)17(20)10-14)12-18(23)21-15-6-5-7-16(11-15)25-3/h5-11H,4,12H2,1-3H3,(H,21,23). The molecule has 0 fully saturated rings. The summed E-state index contributed by atoms with van der Waals surface area (Å²) in [5, 5.41) is 2.72. The number of rotatable bonds is 6. The Kier molecular flexibility index (Phi) is 6.11. The molecule has 2 rings (SSSR count). The second kappa shape index (κ2) is 8.28. The van der Waals surface area contributed by atoms with Gasteiger partial charge in [-0.3, -0.25) is 9.59 Å². The third-order valence-electron chi connectivity index (χ3n) is 3.78. The van der Waals surface area contributed by atoms with E-state index in [1.54, 1.807) is 57.4 Å². The smallest absolute Gasteiger partial charge is 0.254 e. The van der Waals surface area contributed by atoms with Gasteiger partial charge < -0.3 is 15.0 Å². The monoisotopic (exact) mass is 344 g/mol. The number of anilines is 1. The summed E-state index contributed by atoms with van der Waals surface area (Å²) in [6.45, 7) is 3.60. The molecule has 1 N–H and O–H groups in total. The third kappa shape index (κ3) is 4.79. The van der Waals surface area contributed by atoms with Gasteiger partial charge in [-0.15, -0.1) is 0 Å². The molecular formula is C19H21FN2O3. The van der Waals surface area contributed by atoms with Gasteiger partial charge in [-0.05, 0) is 43.7 Å². The van der Waals surface area contributed by atoms with Crippen LogP contribution in [0.5, 0.6) is 5.75 Å². The average Bonchev–Trinajstić information content (AvgIpc) is 2.61. The Morgan fingerprint density at radius 2 is 1.96 bits per heavy atom. The quantitative estimate of drug-likeness (QED) is 0.875. The molecule has 0 atom stereocenters. The maximum Gasteiger partial charge on any atom is 0.254 e. The molecule has 0 heterocycles. The number of methoxy groups -OCH3 is 1. The molecule has 132 valence electrons. The molecule has 0 spiro atoms. The summed E-state index contributed by atoms with van der Waals surface area (Å²) in [5.74, 6) is -0.544. The normalized spacial score (nSPS) is 10.2. The molecule has 0 aliphatic heterocycles. The molecule has 0 saturated heterocycles. The molecule has 0 aliphatic rings. The van der Waals surface area contributed by atoms with E-state index in [1.807, 2.05) is 0 Å². The molecule has 5 nitrogen and oxygen atoms in total. The van der Waals surface area contributed by atoms with Crippen LogP contribution in [0.25, 0.3) is 0 Å². The Hall–Kier alpha value is -2.89. The maximum absolute atomic E-state index is 13.7. The van der Waals surface area contributed by atoms with E-state index < -0.39 is 5.82 Å². The van der Waals surface area contributed by atoms with Crippen LogP contribution in [0.1, 0.15) is 22.8 Å². The Bertz CT molecular complexity index is 777. The van der Waals surface area contributed by atoms with Crippen molar-refractivity contribution < 1.29 is 18.7 Å². The van der Waals surface area contributed by atoms with Gasteiger partial charge in [0.2, 0.25) is 5.91 Å². The van der Waals surface area contributed by atoms with Gasteiger partial charge in [0, 0.05) is 23.9 Å². The van der Waals surface area contributed by atoms with Crippen molar-refractivity contribution in [2.45, 2.75) is 13.8 Å². The lowest BCUT2D eigenvalue weighted by Crippen LogP contribution is -2.37. The van der Waals surface area contributed by atoms with Crippen molar-refractivity contribution in [2.75, 3.05) is 25.5 Å². The first-order valence-corrected chi connectivity index (χ1v) is 7.94. The molecule has 6 heteroatoms. The molecule has 0 bridgehead atoms. The first kappa shape index (κ1) is 18.4. The zero-order valence-corrected chi connectivity index (χ0v) is 14.5. The van der Waals surface area contributed by atoms with E-state index in [1.165, 1.54) is 11.0 Å². The van der Waals surface area contributed by atoms with Crippen LogP contribution in [0.4, 0.5) is 10.1 Å². The fraction of sp³-hybridized carbons (Fsp3) is 0.263. The van der Waals surface area contributed by atoms with Gasteiger partial charge >= 0.3 is 0 Å². The largest absolute Gasteiger partial charge is 0.497 e. The molecular weight excluding hydrogens is 323 g/mol. The van der Waals surface area contributed by atoms with E-state index in [2.05, 4.69) is 5.32 Å². The van der Waals surface area contributed by atoms with Crippen molar-refractivity contribution >= 4 is 17.5 Å². The van der Waals surface area contributed by atoms with Gasteiger partial charge in [-0.2, -0.15) is 0 Å². The minimum atomic E-state index is -0.442. The van der Waals surface area contributed by atoms with Crippen molar-refractivity contribution in [2.24, 2.45) is 0 Å². The minimum absolute atomic E-state index is 0.123. The summed E-state index contributed by atoms with van der Waals surface area (Å²) in [5.41, 5.74) is 1.27. The number of ether oxygens (including phenoxy) is 1. The Morgan fingerprint density at radius 1 is 1.20 bits per heavy atom. The molecule has 0 saturated carbocycles. The van der Waals surface area contributed by atoms with E-state index in [-0.39, 0.29) is 23.9 Å². The number of halogens is 1. The van der Waals surface area contributed by atoms with Gasteiger partial charge in [-0.1, -0.05) is 12.1 Å². The highest BCUT2D eigenvalue weighted by atomic mass is 19.1. The summed E-state index contributed by atoms with van der Waals surface area (Å²) < 4.78 is 18.8. The number of likely N-dealkylation sites (N-methyl/N-ethyl adjacent to an activating group) is 1. The van der Waals surface area contributed by atoms with E-state index in [0.29, 0.717) is 23.5 Å². The lowest BCUT2D eigenvalue weighted by Gasteiger charge is -2.20. The zero-order valence-electron chi connectivity index (χ0n) is 14.5. The highest BCUT2D eigenvalue weighted by Crippen LogP contribution is 2.17. The van der Waals surface area contributed by atoms with Crippen LogP contribution in [0, 0.1) is 12.7 Å². The maximum atomic E-state index is 13.7. The summed E-state index contributed by atoms with van der Waals surface area (Å²) in [7, 11) is 1.54. The second-order valence-electron chi connectivity index (χ2n) is 5.56. The fourth-order valence-electron chi connectivity index (χ4n) is 2.31. The number of aryl methyl sites for hydroxylation is 1. The first-order chi connectivity index (χ1) is 11.9.